The number of phenolic OH excluding ortho intramolecular Hbond substituents is 1. The van der Waals surface area contributed by atoms with Crippen LogP contribution in [0.4, 0.5) is 0 Å². The number of rotatable bonds is 4. The molecule has 0 aliphatic carbocycles. The molecule has 106 valence electrons. The number of aromatic nitrogens is 2. The maximum atomic E-state index is 12.0. The lowest BCUT2D eigenvalue weighted by molar-refractivity contribution is -0.121. The highest BCUT2D eigenvalue weighted by molar-refractivity contribution is 5.79. The van der Waals surface area contributed by atoms with Crippen molar-refractivity contribution in [1.29, 1.82) is 0 Å². The van der Waals surface area contributed by atoms with Crippen LogP contribution < -0.4 is 5.32 Å². The lowest BCUT2D eigenvalue weighted by atomic mass is 10.1. The van der Waals surface area contributed by atoms with E-state index in [0.717, 1.165) is 11.3 Å². The molecule has 0 aliphatic rings. The van der Waals surface area contributed by atoms with Gasteiger partial charge in [0.25, 0.3) is 0 Å². The average Bonchev–Trinajstić information content (AvgIpc) is 2.73. The molecule has 1 atom stereocenters. The molecule has 0 spiro atoms. The Kier molecular flexibility index (Phi) is 4.08. The smallest absolute Gasteiger partial charge is 0.225 e. The third-order valence-electron chi connectivity index (χ3n) is 3.46. The number of phenols is 1. The number of para-hydroxylation sites is 1. The Balaban J connectivity index is 2.02. The van der Waals surface area contributed by atoms with E-state index in [-0.39, 0.29) is 24.1 Å². The molecule has 0 fully saturated rings. The van der Waals surface area contributed by atoms with Gasteiger partial charge in [0.05, 0.1) is 18.7 Å². The molecule has 0 bridgehead atoms. The summed E-state index contributed by atoms with van der Waals surface area (Å²) in [5.74, 6) is 0.0233. The van der Waals surface area contributed by atoms with Crippen molar-refractivity contribution in [1.82, 2.24) is 15.1 Å². The summed E-state index contributed by atoms with van der Waals surface area (Å²) in [6.07, 6.45) is 1.93. The molecule has 1 heterocycles. The molecule has 0 unspecified atom stereocenters. The first-order valence-corrected chi connectivity index (χ1v) is 6.53. The SMILES string of the molecule is Cc1c([C@H](C)NC(=O)Cc2ccccc2O)cnn1C. The number of carbonyl (C=O) groups is 1. The number of aromatic hydroxyl groups is 1. The van der Waals surface area contributed by atoms with Crippen molar-refractivity contribution in [2.45, 2.75) is 26.3 Å². The third-order valence-corrected chi connectivity index (χ3v) is 3.46. The maximum Gasteiger partial charge on any atom is 0.225 e. The van der Waals surface area contributed by atoms with E-state index in [1.807, 2.05) is 20.9 Å². The summed E-state index contributed by atoms with van der Waals surface area (Å²) in [6, 6.07) is 6.75. The highest BCUT2D eigenvalue weighted by Crippen LogP contribution is 2.18. The number of carbonyl (C=O) groups excluding carboxylic acids is 1. The summed E-state index contributed by atoms with van der Waals surface area (Å²) < 4.78 is 1.78. The van der Waals surface area contributed by atoms with Crippen LogP contribution >= 0.6 is 0 Å². The summed E-state index contributed by atoms with van der Waals surface area (Å²) in [4.78, 5) is 12.0. The van der Waals surface area contributed by atoms with Gasteiger partial charge in [-0.2, -0.15) is 5.10 Å². The first-order chi connectivity index (χ1) is 9.49. The van der Waals surface area contributed by atoms with Gasteiger partial charge in [0.2, 0.25) is 5.91 Å². The number of hydrogen-bond donors (Lipinski definition) is 2. The summed E-state index contributed by atoms with van der Waals surface area (Å²) in [5, 5.41) is 16.8. The van der Waals surface area contributed by atoms with Crippen LogP contribution in [0.15, 0.2) is 30.5 Å². The van der Waals surface area contributed by atoms with Crippen LogP contribution in [0.25, 0.3) is 0 Å². The minimum absolute atomic E-state index is 0.109. The van der Waals surface area contributed by atoms with Gasteiger partial charge in [0.1, 0.15) is 5.75 Å². The second-order valence-electron chi connectivity index (χ2n) is 4.90. The zero-order valence-corrected chi connectivity index (χ0v) is 11.9. The van der Waals surface area contributed by atoms with Crippen LogP contribution in [0.2, 0.25) is 0 Å². The zero-order chi connectivity index (χ0) is 14.7. The number of hydrogen-bond acceptors (Lipinski definition) is 3. The molecule has 2 N–H and O–H groups in total. The van der Waals surface area contributed by atoms with Gasteiger partial charge >= 0.3 is 0 Å². The Morgan fingerprint density at radius 3 is 2.75 bits per heavy atom. The predicted octanol–water partition coefficient (Wildman–Crippen LogP) is 1.85. The minimum atomic E-state index is -0.123. The molecule has 0 saturated heterocycles. The predicted molar refractivity (Wildman–Crippen MR) is 76.3 cm³/mol. The summed E-state index contributed by atoms with van der Waals surface area (Å²) in [5.41, 5.74) is 2.65. The Labute approximate surface area is 118 Å². The lowest BCUT2D eigenvalue weighted by Crippen LogP contribution is -2.28. The van der Waals surface area contributed by atoms with Crippen LogP contribution in [0.5, 0.6) is 5.75 Å². The van der Waals surface area contributed by atoms with E-state index < -0.39 is 0 Å². The van der Waals surface area contributed by atoms with Gasteiger partial charge in [-0.15, -0.1) is 0 Å². The Bertz CT molecular complexity index is 619. The summed E-state index contributed by atoms with van der Waals surface area (Å²) in [6.45, 7) is 3.89. The molecule has 2 rings (SSSR count). The van der Waals surface area contributed by atoms with Crippen molar-refractivity contribution in [2.24, 2.45) is 7.05 Å². The van der Waals surface area contributed by atoms with Crippen LogP contribution in [-0.2, 0) is 18.3 Å². The molecule has 20 heavy (non-hydrogen) atoms. The second-order valence-corrected chi connectivity index (χ2v) is 4.90. The van der Waals surface area contributed by atoms with E-state index in [4.69, 9.17) is 0 Å². The van der Waals surface area contributed by atoms with E-state index in [1.54, 1.807) is 35.1 Å². The first kappa shape index (κ1) is 14.1. The van der Waals surface area contributed by atoms with E-state index in [1.165, 1.54) is 0 Å². The number of amides is 1. The molecule has 1 aromatic carbocycles. The second kappa shape index (κ2) is 5.77. The summed E-state index contributed by atoms with van der Waals surface area (Å²) in [7, 11) is 1.87. The van der Waals surface area contributed by atoms with Gasteiger partial charge in [0.15, 0.2) is 0 Å². The average molecular weight is 273 g/mol. The third kappa shape index (κ3) is 2.99. The van der Waals surface area contributed by atoms with Crippen LogP contribution in [0.3, 0.4) is 0 Å². The highest BCUT2D eigenvalue weighted by Gasteiger charge is 2.15. The van der Waals surface area contributed by atoms with Crippen molar-refractivity contribution in [3.8, 4) is 5.75 Å². The Morgan fingerprint density at radius 2 is 2.15 bits per heavy atom. The van der Waals surface area contributed by atoms with Gasteiger partial charge in [-0.05, 0) is 19.9 Å². The Hall–Kier alpha value is -2.30. The van der Waals surface area contributed by atoms with Gasteiger partial charge < -0.3 is 10.4 Å². The molecular weight excluding hydrogens is 254 g/mol. The normalized spacial score (nSPS) is 12.2. The molecular formula is C15H19N3O2. The van der Waals surface area contributed by atoms with Gasteiger partial charge in [-0.25, -0.2) is 0 Å². The molecule has 1 amide bonds. The fourth-order valence-electron chi connectivity index (χ4n) is 2.14. The topological polar surface area (TPSA) is 67.2 Å². The van der Waals surface area contributed by atoms with Crippen molar-refractivity contribution in [2.75, 3.05) is 0 Å². The Morgan fingerprint density at radius 1 is 1.45 bits per heavy atom. The fourth-order valence-corrected chi connectivity index (χ4v) is 2.14. The number of benzene rings is 1. The van der Waals surface area contributed by atoms with E-state index in [2.05, 4.69) is 10.4 Å². The lowest BCUT2D eigenvalue weighted by Gasteiger charge is -2.14. The van der Waals surface area contributed by atoms with Crippen molar-refractivity contribution >= 4 is 5.91 Å². The molecule has 1 aromatic heterocycles. The summed E-state index contributed by atoms with van der Waals surface area (Å²) >= 11 is 0. The fraction of sp³-hybridized carbons (Fsp3) is 0.333. The molecule has 5 nitrogen and oxygen atoms in total. The van der Waals surface area contributed by atoms with Crippen LogP contribution in [0.1, 0.15) is 29.8 Å². The highest BCUT2D eigenvalue weighted by atomic mass is 16.3. The van der Waals surface area contributed by atoms with Gasteiger partial charge in [0, 0.05) is 23.9 Å². The van der Waals surface area contributed by atoms with Crippen LogP contribution in [-0.4, -0.2) is 20.8 Å². The van der Waals surface area contributed by atoms with Crippen molar-refractivity contribution in [3.63, 3.8) is 0 Å². The van der Waals surface area contributed by atoms with E-state index >= 15 is 0 Å². The van der Waals surface area contributed by atoms with E-state index in [9.17, 15) is 9.90 Å². The van der Waals surface area contributed by atoms with Crippen molar-refractivity contribution in [3.05, 3.63) is 47.3 Å². The number of nitrogens with one attached hydrogen (secondary N) is 1. The first-order valence-electron chi connectivity index (χ1n) is 6.53. The van der Waals surface area contributed by atoms with Crippen LogP contribution in [0, 0.1) is 6.92 Å². The molecule has 0 saturated carbocycles. The van der Waals surface area contributed by atoms with Crippen molar-refractivity contribution < 1.29 is 9.90 Å². The molecule has 0 aliphatic heterocycles. The van der Waals surface area contributed by atoms with Gasteiger partial charge in [-0.3, -0.25) is 9.48 Å². The number of aryl methyl sites for hydroxylation is 1. The van der Waals surface area contributed by atoms with E-state index in [0.29, 0.717) is 5.56 Å². The standard InChI is InChI=1S/C15H19N3O2/c1-10(13-9-16-18(3)11(13)2)17-15(20)8-12-6-4-5-7-14(12)19/h4-7,9-10,19H,8H2,1-3H3,(H,17,20)/t10-/m0/s1. The maximum absolute atomic E-state index is 12.0. The molecule has 0 radical (unpaired) electrons. The quantitative estimate of drug-likeness (QED) is 0.893. The zero-order valence-electron chi connectivity index (χ0n) is 11.9. The molecule has 5 heteroatoms. The number of nitrogens with zero attached hydrogens (tertiary/aromatic N) is 2. The monoisotopic (exact) mass is 273 g/mol. The minimum Gasteiger partial charge on any atom is -0.508 e. The largest absolute Gasteiger partial charge is 0.508 e. The molecule has 2 aromatic rings. The van der Waals surface area contributed by atoms with Gasteiger partial charge in [-0.1, -0.05) is 18.2 Å².